The highest BCUT2D eigenvalue weighted by Crippen LogP contribution is 2.25. The van der Waals surface area contributed by atoms with Crippen LogP contribution in [0.2, 0.25) is 0 Å². The molecule has 0 saturated heterocycles. The van der Waals surface area contributed by atoms with Gasteiger partial charge in [-0.3, -0.25) is 9.59 Å². The Balaban J connectivity index is 2.01. The summed E-state index contributed by atoms with van der Waals surface area (Å²) in [6.45, 7) is 0. The second kappa shape index (κ2) is 13.0. The number of hydrogen-bond acceptors (Lipinski definition) is 6. The lowest BCUT2D eigenvalue weighted by Gasteiger charge is -2.13. The number of benzene rings is 2. The third-order valence-corrected chi connectivity index (χ3v) is 6.15. The van der Waals surface area contributed by atoms with Crippen molar-refractivity contribution in [1.29, 1.82) is 0 Å². The highest BCUT2D eigenvalue weighted by Gasteiger charge is 2.25. The number of nitrogens with two attached hydrogens (primary N) is 2. The van der Waals surface area contributed by atoms with Gasteiger partial charge in [0.25, 0.3) is 0 Å². The molecule has 12 heteroatoms. The van der Waals surface area contributed by atoms with Gasteiger partial charge in [0.1, 0.15) is 0 Å². The number of unbranched alkanes of at least 4 members (excludes halogenated alkanes) is 5. The van der Waals surface area contributed by atoms with Gasteiger partial charge in [0.05, 0.1) is 33.4 Å². The van der Waals surface area contributed by atoms with Gasteiger partial charge in [0.15, 0.2) is 0 Å². The van der Waals surface area contributed by atoms with Crippen LogP contribution in [0.25, 0.3) is 0 Å². The van der Waals surface area contributed by atoms with Crippen LogP contribution in [0.1, 0.15) is 112 Å². The van der Waals surface area contributed by atoms with Gasteiger partial charge in [-0.25, -0.2) is 19.2 Å². The van der Waals surface area contributed by atoms with E-state index in [1.54, 1.807) is 0 Å². The summed E-state index contributed by atoms with van der Waals surface area (Å²) in [6.07, 6.45) is 3.67. The molecule has 0 aliphatic rings. The Labute approximate surface area is 216 Å². The van der Waals surface area contributed by atoms with E-state index in [1.807, 2.05) is 0 Å². The largest absolute Gasteiger partial charge is 0.478 e. The zero-order valence-electron chi connectivity index (χ0n) is 20.4. The van der Waals surface area contributed by atoms with E-state index >= 15 is 0 Å². The molecule has 2 aromatic rings. The molecule has 0 aromatic heterocycles. The summed E-state index contributed by atoms with van der Waals surface area (Å²) in [5.41, 5.74) is 8.76. The molecule has 2 amide bonds. The van der Waals surface area contributed by atoms with Crippen molar-refractivity contribution in [3.05, 3.63) is 68.8 Å². The Morgan fingerprint density at radius 2 is 0.763 bits per heavy atom. The van der Waals surface area contributed by atoms with Gasteiger partial charge in [0, 0.05) is 0 Å². The third-order valence-electron chi connectivity index (χ3n) is 6.15. The van der Waals surface area contributed by atoms with Crippen molar-refractivity contribution >= 4 is 35.7 Å². The van der Waals surface area contributed by atoms with E-state index in [0.29, 0.717) is 38.5 Å². The van der Waals surface area contributed by atoms with Crippen LogP contribution in [0.15, 0.2) is 24.3 Å². The molecule has 0 bridgehead atoms. The van der Waals surface area contributed by atoms with Gasteiger partial charge >= 0.3 is 23.9 Å². The summed E-state index contributed by atoms with van der Waals surface area (Å²) < 4.78 is 0. The Morgan fingerprint density at radius 3 is 1.03 bits per heavy atom. The van der Waals surface area contributed by atoms with Crippen LogP contribution in [-0.2, 0) is 12.8 Å². The zero-order chi connectivity index (χ0) is 28.6. The zero-order valence-corrected chi connectivity index (χ0v) is 20.4. The van der Waals surface area contributed by atoms with Gasteiger partial charge in [0.2, 0.25) is 11.8 Å². The van der Waals surface area contributed by atoms with Crippen LogP contribution in [-0.4, -0.2) is 56.1 Å². The first kappa shape index (κ1) is 29.5. The quantitative estimate of drug-likeness (QED) is 0.185. The number of carboxylic acid groups (broad SMARTS) is 4. The molecule has 2 aromatic carbocycles. The number of carboxylic acids is 4. The monoisotopic (exact) mass is 528 g/mol. The summed E-state index contributed by atoms with van der Waals surface area (Å²) in [5, 5.41) is 38.0. The summed E-state index contributed by atoms with van der Waals surface area (Å²) in [7, 11) is 0. The molecule has 0 unspecified atom stereocenters. The van der Waals surface area contributed by atoms with Gasteiger partial charge in [-0.05, 0) is 61.1 Å². The maximum atomic E-state index is 11.7. The topological polar surface area (TPSA) is 235 Å². The van der Waals surface area contributed by atoms with Crippen molar-refractivity contribution in [2.75, 3.05) is 0 Å². The third kappa shape index (κ3) is 6.93. The maximum absolute atomic E-state index is 11.7. The molecule has 0 fully saturated rings. The molecule has 0 radical (unpaired) electrons. The molecule has 8 N–H and O–H groups in total. The summed E-state index contributed by atoms with van der Waals surface area (Å²) >= 11 is 0. The van der Waals surface area contributed by atoms with E-state index in [4.69, 9.17) is 11.5 Å². The molecule has 2 rings (SSSR count). The summed E-state index contributed by atoms with van der Waals surface area (Å²) in [5.74, 6) is -7.48. The maximum Gasteiger partial charge on any atom is 0.336 e. The van der Waals surface area contributed by atoms with Crippen LogP contribution in [0.4, 0.5) is 0 Å². The number of hydrogen-bond donors (Lipinski definition) is 6. The fourth-order valence-corrected chi connectivity index (χ4v) is 4.43. The van der Waals surface area contributed by atoms with E-state index in [0.717, 1.165) is 24.3 Å². The van der Waals surface area contributed by atoms with E-state index in [1.165, 1.54) is 0 Å². The number of carbonyl (C=O) groups is 6. The first-order valence-electron chi connectivity index (χ1n) is 11.7. The standard InChI is InChI=1S/C26H28N2O10/c27-21(29)17-11-9-15(23(31)32)13(19(17)25(35)36)7-5-3-1-2-4-6-8-14-16(24(33)34)10-12-18(22(28)30)20(14)26(37)38/h9-12H,1-8H2,(H2,27,29)(H2,28,30)(H,31,32)(H,33,34)(H,35,36)(H,37,38). The fourth-order valence-electron chi connectivity index (χ4n) is 4.43. The molecular weight excluding hydrogens is 500 g/mol. The van der Waals surface area contributed by atoms with Gasteiger partial charge in [-0.1, -0.05) is 25.7 Å². The summed E-state index contributed by atoms with van der Waals surface area (Å²) in [6, 6.07) is 4.50. The van der Waals surface area contributed by atoms with Crippen LogP contribution in [0, 0.1) is 0 Å². The van der Waals surface area contributed by atoms with Crippen molar-refractivity contribution in [2.45, 2.75) is 51.4 Å². The average molecular weight is 529 g/mol. The predicted octanol–water partition coefficient (Wildman–Crippen LogP) is 2.80. The highest BCUT2D eigenvalue weighted by molar-refractivity contribution is 6.08. The number of primary amides is 2. The molecule has 0 saturated carbocycles. The van der Waals surface area contributed by atoms with E-state index in [2.05, 4.69) is 0 Å². The Hall–Kier alpha value is -4.74. The van der Waals surface area contributed by atoms with E-state index in [-0.39, 0.29) is 46.2 Å². The second-order valence-corrected chi connectivity index (χ2v) is 8.60. The minimum atomic E-state index is -1.45. The van der Waals surface area contributed by atoms with Gasteiger partial charge in [-0.2, -0.15) is 0 Å². The lowest BCUT2D eigenvalue weighted by atomic mass is 9.90. The van der Waals surface area contributed by atoms with Crippen molar-refractivity contribution in [3.63, 3.8) is 0 Å². The van der Waals surface area contributed by atoms with Gasteiger partial charge in [-0.15, -0.1) is 0 Å². The lowest BCUT2D eigenvalue weighted by Crippen LogP contribution is -2.20. The number of aromatic carboxylic acids is 4. The van der Waals surface area contributed by atoms with Crippen LogP contribution in [0.5, 0.6) is 0 Å². The molecule has 0 spiro atoms. The Bertz CT molecular complexity index is 1200. The molecule has 0 atom stereocenters. The molecule has 0 aliphatic heterocycles. The first-order valence-corrected chi connectivity index (χ1v) is 11.7. The Morgan fingerprint density at radius 1 is 0.474 bits per heavy atom. The van der Waals surface area contributed by atoms with Crippen molar-refractivity contribution in [3.8, 4) is 0 Å². The molecular formula is C26H28N2O10. The number of rotatable bonds is 15. The Kier molecular flexibility index (Phi) is 10.1. The number of carbonyl (C=O) groups excluding carboxylic acids is 2. The molecule has 0 heterocycles. The molecule has 0 aliphatic carbocycles. The lowest BCUT2D eigenvalue weighted by molar-refractivity contribution is 0.0671. The SMILES string of the molecule is NC(=O)c1ccc(C(=O)O)c(CCCCCCCCc2c(C(=O)O)ccc(C(N)=O)c2C(=O)O)c1C(=O)O. The van der Waals surface area contributed by atoms with Crippen molar-refractivity contribution in [2.24, 2.45) is 11.5 Å². The summed E-state index contributed by atoms with van der Waals surface area (Å²) in [4.78, 5) is 69.9. The normalized spacial score (nSPS) is 10.6. The highest BCUT2D eigenvalue weighted by atomic mass is 16.4. The molecule has 12 nitrogen and oxygen atoms in total. The number of amides is 2. The van der Waals surface area contributed by atoms with Crippen LogP contribution < -0.4 is 11.5 Å². The second-order valence-electron chi connectivity index (χ2n) is 8.60. The fraction of sp³-hybridized carbons (Fsp3) is 0.308. The minimum absolute atomic E-state index is 0.0260. The van der Waals surface area contributed by atoms with Crippen LogP contribution in [0.3, 0.4) is 0 Å². The molecule has 202 valence electrons. The first-order chi connectivity index (χ1) is 17.9. The van der Waals surface area contributed by atoms with Crippen LogP contribution >= 0.6 is 0 Å². The predicted molar refractivity (Wildman–Crippen MR) is 133 cm³/mol. The minimum Gasteiger partial charge on any atom is -0.478 e. The van der Waals surface area contributed by atoms with E-state index in [9.17, 15) is 49.2 Å². The van der Waals surface area contributed by atoms with Crippen molar-refractivity contribution in [1.82, 2.24) is 0 Å². The smallest absolute Gasteiger partial charge is 0.336 e. The van der Waals surface area contributed by atoms with E-state index < -0.39 is 46.8 Å². The molecule has 38 heavy (non-hydrogen) atoms. The van der Waals surface area contributed by atoms with Crippen molar-refractivity contribution < 1.29 is 49.2 Å². The average Bonchev–Trinajstić information content (AvgIpc) is 2.83. The van der Waals surface area contributed by atoms with Gasteiger partial charge < -0.3 is 31.9 Å².